The van der Waals surface area contributed by atoms with Crippen LogP contribution in [0.3, 0.4) is 0 Å². The second kappa shape index (κ2) is 9.16. The molecule has 26 heavy (non-hydrogen) atoms. The van der Waals surface area contributed by atoms with Crippen LogP contribution in [0.25, 0.3) is 0 Å². The first-order valence-corrected chi connectivity index (χ1v) is 10.6. The van der Waals surface area contributed by atoms with Crippen LogP contribution in [0.4, 0.5) is 4.39 Å². The van der Waals surface area contributed by atoms with Gasteiger partial charge in [0.1, 0.15) is 11.6 Å². The molecule has 0 aliphatic carbocycles. The minimum absolute atomic E-state index is 0.0738. The van der Waals surface area contributed by atoms with Gasteiger partial charge in [-0.3, -0.25) is 4.79 Å². The van der Waals surface area contributed by atoms with E-state index in [1.807, 2.05) is 13.0 Å². The molecule has 0 radical (unpaired) electrons. The maximum Gasteiger partial charge on any atom is 0.267 e. The number of benzene rings is 1. The SMILES string of the molecule is C=CCC(CC)(CC)COc1cc(F)c(C(=O)NS(C)(=O)=O)cc1CC. The summed E-state index contributed by atoms with van der Waals surface area (Å²) < 4.78 is 44.5. The number of ether oxygens (including phenoxy) is 1. The summed E-state index contributed by atoms with van der Waals surface area (Å²) in [4.78, 5) is 12.0. The van der Waals surface area contributed by atoms with E-state index in [4.69, 9.17) is 4.74 Å². The number of hydrogen-bond donors (Lipinski definition) is 1. The molecule has 0 atom stereocenters. The lowest BCUT2D eigenvalue weighted by Gasteiger charge is -2.30. The Hall–Kier alpha value is -1.89. The first-order valence-electron chi connectivity index (χ1n) is 8.69. The number of allylic oxidation sites excluding steroid dienone is 1. The molecule has 0 heterocycles. The summed E-state index contributed by atoms with van der Waals surface area (Å²) in [5.41, 5.74) is 0.253. The van der Waals surface area contributed by atoms with Crippen LogP contribution in [0.2, 0.25) is 0 Å². The van der Waals surface area contributed by atoms with Crippen molar-refractivity contribution >= 4 is 15.9 Å². The fourth-order valence-corrected chi connectivity index (χ4v) is 3.19. The van der Waals surface area contributed by atoms with Crippen molar-refractivity contribution in [2.24, 2.45) is 5.41 Å². The van der Waals surface area contributed by atoms with Gasteiger partial charge in [-0.05, 0) is 37.3 Å². The van der Waals surface area contributed by atoms with E-state index in [9.17, 15) is 17.6 Å². The molecule has 0 saturated heterocycles. The van der Waals surface area contributed by atoms with E-state index in [1.165, 1.54) is 6.07 Å². The molecule has 1 amide bonds. The molecular formula is C19H28FNO4S. The Morgan fingerprint density at radius 2 is 1.92 bits per heavy atom. The Bertz CT molecular complexity index is 755. The molecular weight excluding hydrogens is 357 g/mol. The van der Waals surface area contributed by atoms with Crippen molar-refractivity contribution in [2.75, 3.05) is 12.9 Å². The van der Waals surface area contributed by atoms with Crippen molar-refractivity contribution in [3.63, 3.8) is 0 Å². The van der Waals surface area contributed by atoms with Crippen LogP contribution in [-0.2, 0) is 16.4 Å². The molecule has 7 heteroatoms. The number of carbonyl (C=O) groups excluding carboxylic acids is 1. The predicted octanol–water partition coefficient (Wildman–Crippen LogP) is 3.84. The molecule has 0 bridgehead atoms. The molecule has 1 N–H and O–H groups in total. The largest absolute Gasteiger partial charge is 0.493 e. The third kappa shape index (κ3) is 5.83. The zero-order chi connectivity index (χ0) is 20.0. The minimum Gasteiger partial charge on any atom is -0.493 e. The van der Waals surface area contributed by atoms with Crippen LogP contribution in [0, 0.1) is 11.2 Å². The number of carbonyl (C=O) groups is 1. The molecule has 1 rings (SSSR count). The van der Waals surface area contributed by atoms with Gasteiger partial charge in [0.25, 0.3) is 5.91 Å². The number of amides is 1. The Kier molecular flexibility index (Phi) is 7.81. The van der Waals surface area contributed by atoms with Crippen molar-refractivity contribution in [2.45, 2.75) is 46.5 Å². The fourth-order valence-electron chi connectivity index (χ4n) is 2.75. The molecule has 0 saturated carbocycles. The van der Waals surface area contributed by atoms with Crippen molar-refractivity contribution in [1.29, 1.82) is 0 Å². The first kappa shape index (κ1) is 22.2. The van der Waals surface area contributed by atoms with E-state index < -0.39 is 21.7 Å². The van der Waals surface area contributed by atoms with E-state index in [2.05, 4.69) is 20.4 Å². The van der Waals surface area contributed by atoms with Crippen LogP contribution in [0.1, 0.15) is 56.0 Å². The van der Waals surface area contributed by atoms with Crippen molar-refractivity contribution in [1.82, 2.24) is 4.72 Å². The van der Waals surface area contributed by atoms with E-state index in [0.717, 1.165) is 31.6 Å². The van der Waals surface area contributed by atoms with Gasteiger partial charge in [0.05, 0.1) is 18.4 Å². The number of nitrogens with one attached hydrogen (secondary N) is 1. The average molecular weight is 386 g/mol. The number of aryl methyl sites for hydroxylation is 1. The highest BCUT2D eigenvalue weighted by molar-refractivity contribution is 7.89. The Morgan fingerprint density at radius 3 is 2.38 bits per heavy atom. The van der Waals surface area contributed by atoms with E-state index in [1.54, 1.807) is 4.72 Å². The Labute approximate surface area is 155 Å². The minimum atomic E-state index is -3.77. The maximum absolute atomic E-state index is 14.4. The lowest BCUT2D eigenvalue weighted by atomic mass is 9.80. The van der Waals surface area contributed by atoms with Gasteiger partial charge in [0.15, 0.2) is 0 Å². The van der Waals surface area contributed by atoms with Gasteiger partial charge < -0.3 is 4.74 Å². The maximum atomic E-state index is 14.4. The number of halogens is 1. The summed E-state index contributed by atoms with van der Waals surface area (Å²) in [6.07, 6.45) is 5.80. The summed E-state index contributed by atoms with van der Waals surface area (Å²) in [7, 11) is -3.77. The van der Waals surface area contributed by atoms with E-state index in [-0.39, 0.29) is 11.0 Å². The first-order chi connectivity index (χ1) is 12.1. The Morgan fingerprint density at radius 1 is 1.31 bits per heavy atom. The van der Waals surface area contributed by atoms with Gasteiger partial charge in [-0.1, -0.05) is 26.8 Å². The summed E-state index contributed by atoms with van der Waals surface area (Å²) >= 11 is 0. The van der Waals surface area contributed by atoms with Gasteiger partial charge in [0.2, 0.25) is 10.0 Å². The standard InChI is InChI=1S/C19H28FNO4S/c1-6-10-19(8-3,9-4)13-25-17-12-16(20)15(11-14(17)7-2)18(22)21-26(5,23)24/h6,11-12H,1,7-10,13H2,2-5H3,(H,21,22). The second-order valence-electron chi connectivity index (χ2n) is 6.49. The molecule has 0 spiro atoms. The highest BCUT2D eigenvalue weighted by atomic mass is 32.2. The van der Waals surface area contributed by atoms with Crippen LogP contribution in [0.5, 0.6) is 5.75 Å². The smallest absolute Gasteiger partial charge is 0.267 e. The molecule has 0 unspecified atom stereocenters. The summed E-state index contributed by atoms with van der Waals surface area (Å²) in [5.74, 6) is -1.44. The lowest BCUT2D eigenvalue weighted by molar-refractivity contribution is 0.0977. The topological polar surface area (TPSA) is 72.5 Å². The molecule has 0 aliphatic rings. The van der Waals surface area contributed by atoms with Gasteiger partial charge in [0, 0.05) is 11.5 Å². The van der Waals surface area contributed by atoms with Crippen LogP contribution in [-0.4, -0.2) is 27.2 Å². The van der Waals surface area contributed by atoms with Gasteiger partial charge >= 0.3 is 0 Å². The molecule has 1 aromatic rings. The Balaban J connectivity index is 3.13. The van der Waals surface area contributed by atoms with Crippen molar-refractivity contribution in [3.05, 3.63) is 41.7 Å². The molecule has 0 aliphatic heterocycles. The average Bonchev–Trinajstić information content (AvgIpc) is 2.57. The highest BCUT2D eigenvalue weighted by Crippen LogP contribution is 2.33. The van der Waals surface area contributed by atoms with Gasteiger partial charge in [-0.2, -0.15) is 0 Å². The molecule has 146 valence electrons. The number of hydrogen-bond acceptors (Lipinski definition) is 4. The zero-order valence-electron chi connectivity index (χ0n) is 15.9. The molecule has 5 nitrogen and oxygen atoms in total. The molecule has 0 fully saturated rings. The molecule has 1 aromatic carbocycles. The third-order valence-electron chi connectivity index (χ3n) is 4.67. The third-order valence-corrected chi connectivity index (χ3v) is 5.22. The molecule has 0 aromatic heterocycles. The highest BCUT2D eigenvalue weighted by Gasteiger charge is 2.26. The summed E-state index contributed by atoms with van der Waals surface area (Å²) in [6, 6.07) is 2.50. The van der Waals surface area contributed by atoms with Crippen LogP contribution in [0.15, 0.2) is 24.8 Å². The van der Waals surface area contributed by atoms with Gasteiger partial charge in [-0.25, -0.2) is 17.5 Å². The fraction of sp³-hybridized carbons (Fsp3) is 0.526. The quantitative estimate of drug-likeness (QED) is 0.621. The number of sulfonamides is 1. The van der Waals surface area contributed by atoms with Crippen LogP contribution < -0.4 is 9.46 Å². The predicted molar refractivity (Wildman–Crippen MR) is 101 cm³/mol. The monoisotopic (exact) mass is 385 g/mol. The van der Waals surface area contributed by atoms with E-state index >= 15 is 0 Å². The lowest BCUT2D eigenvalue weighted by Crippen LogP contribution is -2.30. The van der Waals surface area contributed by atoms with E-state index in [0.29, 0.717) is 24.3 Å². The summed E-state index contributed by atoms with van der Waals surface area (Å²) in [6.45, 7) is 10.2. The summed E-state index contributed by atoms with van der Waals surface area (Å²) in [5, 5.41) is 0. The zero-order valence-corrected chi connectivity index (χ0v) is 16.7. The van der Waals surface area contributed by atoms with Crippen molar-refractivity contribution in [3.8, 4) is 5.75 Å². The normalized spacial score (nSPS) is 11.9. The van der Waals surface area contributed by atoms with Crippen molar-refractivity contribution < 1.29 is 22.3 Å². The number of rotatable bonds is 10. The van der Waals surface area contributed by atoms with Gasteiger partial charge in [-0.15, -0.1) is 6.58 Å². The second-order valence-corrected chi connectivity index (χ2v) is 8.23. The van der Waals surface area contributed by atoms with Crippen LogP contribution >= 0.6 is 0 Å².